The largest absolute Gasteiger partial charge is 0.490 e. The molecular weight excluding hydrogens is 668 g/mol. The van der Waals surface area contributed by atoms with E-state index in [0.29, 0.717) is 55.7 Å². The van der Waals surface area contributed by atoms with Crippen LogP contribution in [0.1, 0.15) is 46.2 Å². The molecule has 0 aliphatic heterocycles. The third-order valence-corrected chi connectivity index (χ3v) is 8.69. The monoisotopic (exact) mass is 698 g/mol. The van der Waals surface area contributed by atoms with Crippen molar-refractivity contribution in [2.24, 2.45) is 0 Å². The Morgan fingerprint density at radius 2 is 1.24 bits per heavy atom. The van der Waals surface area contributed by atoms with Gasteiger partial charge in [0.1, 0.15) is 6.61 Å². The molecule has 0 aliphatic carbocycles. The van der Waals surface area contributed by atoms with E-state index in [0.717, 1.165) is 27.8 Å². The summed E-state index contributed by atoms with van der Waals surface area (Å²) >= 11 is 9.78. The number of rotatable bonds is 10. The molecule has 0 fully saturated rings. The van der Waals surface area contributed by atoms with Crippen LogP contribution in [0.2, 0.25) is 5.02 Å². The van der Waals surface area contributed by atoms with Crippen molar-refractivity contribution in [3.05, 3.63) is 149 Å². The predicted molar refractivity (Wildman–Crippen MR) is 185 cm³/mol. The van der Waals surface area contributed by atoms with Crippen molar-refractivity contribution in [2.75, 3.05) is 6.61 Å². The fourth-order valence-electron chi connectivity index (χ4n) is 5.55. The van der Waals surface area contributed by atoms with E-state index < -0.39 is 5.92 Å². The minimum atomic E-state index is -0.807. The molecule has 46 heavy (non-hydrogen) atoms. The van der Waals surface area contributed by atoms with Gasteiger partial charge in [0, 0.05) is 10.9 Å². The Hall–Kier alpha value is -4.73. The molecule has 4 N–H and O–H groups in total. The highest BCUT2D eigenvalue weighted by atomic mass is 79.9. The second-order valence-corrected chi connectivity index (χ2v) is 12.4. The van der Waals surface area contributed by atoms with Crippen molar-refractivity contribution in [1.29, 1.82) is 0 Å². The van der Waals surface area contributed by atoms with Crippen molar-refractivity contribution in [3.63, 3.8) is 0 Å². The number of nitrogens with one attached hydrogen (secondary N) is 4. The highest BCUT2D eigenvalue weighted by Gasteiger charge is 2.32. The number of ether oxygens (including phenoxy) is 2. The summed E-state index contributed by atoms with van der Waals surface area (Å²) in [7, 11) is 0. The van der Waals surface area contributed by atoms with E-state index in [1.807, 2.05) is 106 Å². The summed E-state index contributed by atoms with van der Waals surface area (Å²) in [6.07, 6.45) is 0. The van der Waals surface area contributed by atoms with E-state index in [-0.39, 0.29) is 17.7 Å². The second-order valence-electron chi connectivity index (χ2n) is 11.1. The Labute approximate surface area is 278 Å². The number of aromatic nitrogens is 4. The lowest BCUT2D eigenvalue weighted by molar-refractivity contribution is 0.267. The van der Waals surface area contributed by atoms with Crippen LogP contribution in [-0.4, -0.2) is 27.0 Å². The van der Waals surface area contributed by atoms with Crippen molar-refractivity contribution in [3.8, 4) is 34.0 Å². The molecule has 2 aromatic heterocycles. The quantitative estimate of drug-likeness (QED) is 0.115. The molecule has 4 aromatic carbocycles. The van der Waals surface area contributed by atoms with Gasteiger partial charge in [-0.15, -0.1) is 0 Å². The SMILES string of the molecule is CCOc1cc(C(c2c(-c3ccc(C)cc3)[nH][nH]c2=O)c2c(-c3ccc(C)cc3)[nH][nH]c2=O)cc(Br)c1OCc1ccc(Cl)cc1. The van der Waals surface area contributed by atoms with Crippen molar-refractivity contribution >= 4 is 27.5 Å². The van der Waals surface area contributed by atoms with E-state index in [2.05, 4.69) is 36.3 Å². The molecule has 10 heteroatoms. The Balaban J connectivity index is 1.55. The van der Waals surface area contributed by atoms with E-state index in [9.17, 15) is 9.59 Å². The number of hydrogen-bond donors (Lipinski definition) is 4. The molecule has 0 saturated heterocycles. The predicted octanol–water partition coefficient (Wildman–Crippen LogP) is 8.24. The molecule has 6 rings (SSSR count). The van der Waals surface area contributed by atoms with Crippen LogP contribution < -0.4 is 20.6 Å². The molecule has 0 radical (unpaired) electrons. The molecule has 0 bridgehead atoms. The number of aryl methyl sites for hydroxylation is 2. The van der Waals surface area contributed by atoms with Gasteiger partial charge in [-0.05, 0) is 83.2 Å². The molecule has 2 heterocycles. The third-order valence-electron chi connectivity index (χ3n) is 7.85. The maximum atomic E-state index is 13.8. The second kappa shape index (κ2) is 13.3. The first-order valence-corrected chi connectivity index (χ1v) is 16.0. The van der Waals surface area contributed by atoms with Crippen LogP contribution in [0.3, 0.4) is 0 Å². The zero-order valence-corrected chi connectivity index (χ0v) is 27.8. The zero-order valence-electron chi connectivity index (χ0n) is 25.5. The fourth-order valence-corrected chi connectivity index (χ4v) is 6.25. The fraction of sp³-hybridized carbons (Fsp3) is 0.167. The summed E-state index contributed by atoms with van der Waals surface area (Å²) in [6.45, 7) is 6.55. The summed E-state index contributed by atoms with van der Waals surface area (Å²) in [4.78, 5) is 27.5. The first-order valence-electron chi connectivity index (χ1n) is 14.8. The summed E-state index contributed by atoms with van der Waals surface area (Å²) in [6, 6.07) is 26.9. The van der Waals surface area contributed by atoms with Crippen LogP contribution in [0.5, 0.6) is 11.5 Å². The van der Waals surface area contributed by atoms with Crippen molar-refractivity contribution in [1.82, 2.24) is 20.4 Å². The molecule has 0 atom stereocenters. The number of H-pyrrole nitrogens is 4. The topological polar surface area (TPSA) is 116 Å². The Bertz CT molecular complexity index is 2000. The van der Waals surface area contributed by atoms with Gasteiger partial charge in [0.15, 0.2) is 11.5 Å². The first-order chi connectivity index (χ1) is 22.2. The molecule has 0 saturated carbocycles. The van der Waals surface area contributed by atoms with Gasteiger partial charge in [-0.2, -0.15) is 0 Å². The molecule has 8 nitrogen and oxygen atoms in total. The van der Waals surface area contributed by atoms with Gasteiger partial charge in [0.2, 0.25) is 0 Å². The number of aromatic amines is 4. The van der Waals surface area contributed by atoms with Crippen LogP contribution >= 0.6 is 27.5 Å². The molecular formula is C36H32BrClN4O4. The summed E-state index contributed by atoms with van der Waals surface area (Å²) in [5.41, 5.74) is 6.66. The summed E-state index contributed by atoms with van der Waals surface area (Å²) in [5, 5.41) is 12.4. The van der Waals surface area contributed by atoms with Gasteiger partial charge in [-0.3, -0.25) is 30.0 Å². The zero-order chi connectivity index (χ0) is 32.4. The number of hydrogen-bond acceptors (Lipinski definition) is 4. The molecule has 234 valence electrons. The Morgan fingerprint density at radius 1 is 0.717 bits per heavy atom. The van der Waals surface area contributed by atoms with E-state index in [1.54, 1.807) is 0 Å². The lowest BCUT2D eigenvalue weighted by Crippen LogP contribution is -2.20. The third kappa shape index (κ3) is 6.34. The first kappa shape index (κ1) is 31.3. The molecule has 6 aromatic rings. The molecule has 0 unspecified atom stereocenters. The van der Waals surface area contributed by atoms with Crippen LogP contribution in [0.15, 0.2) is 99.0 Å². The van der Waals surface area contributed by atoms with Gasteiger partial charge in [0.25, 0.3) is 11.1 Å². The van der Waals surface area contributed by atoms with Crippen molar-refractivity contribution < 1.29 is 9.47 Å². The summed E-state index contributed by atoms with van der Waals surface area (Å²) in [5.74, 6) is 0.166. The summed E-state index contributed by atoms with van der Waals surface area (Å²) < 4.78 is 13.0. The van der Waals surface area contributed by atoms with Crippen LogP contribution in [-0.2, 0) is 6.61 Å². The highest BCUT2D eigenvalue weighted by Crippen LogP contribution is 2.44. The highest BCUT2D eigenvalue weighted by molar-refractivity contribution is 9.10. The average molecular weight is 700 g/mol. The van der Waals surface area contributed by atoms with Crippen LogP contribution in [0.4, 0.5) is 0 Å². The van der Waals surface area contributed by atoms with Gasteiger partial charge < -0.3 is 9.47 Å². The van der Waals surface area contributed by atoms with Crippen LogP contribution in [0.25, 0.3) is 22.5 Å². The number of benzene rings is 4. The van der Waals surface area contributed by atoms with E-state index >= 15 is 0 Å². The van der Waals surface area contributed by atoms with E-state index in [1.165, 1.54) is 0 Å². The van der Waals surface area contributed by atoms with Gasteiger partial charge in [-0.1, -0.05) is 83.4 Å². The van der Waals surface area contributed by atoms with Gasteiger partial charge in [-0.25, -0.2) is 0 Å². The standard InChI is InChI=1S/C36H32BrClN4O4/c1-4-45-28-18-25(17-27(37)34(28)46-19-22-9-15-26(38)16-10-22)29(30-32(39-41-35(30)43)23-11-5-20(2)6-12-23)31-33(40-42-36(31)44)24-13-7-21(3)8-14-24/h5-18,29H,4,19H2,1-3H3,(H2,39,41,43)(H2,40,42,44). The Kier molecular flexibility index (Phi) is 9.05. The maximum absolute atomic E-state index is 13.8. The normalized spacial score (nSPS) is 11.3. The smallest absolute Gasteiger partial charge is 0.268 e. The van der Waals surface area contributed by atoms with Gasteiger partial charge >= 0.3 is 0 Å². The molecule has 0 amide bonds. The van der Waals surface area contributed by atoms with E-state index in [4.69, 9.17) is 21.1 Å². The molecule has 0 spiro atoms. The minimum absolute atomic E-state index is 0.280. The molecule has 0 aliphatic rings. The Morgan fingerprint density at radius 3 is 1.74 bits per heavy atom. The maximum Gasteiger partial charge on any atom is 0.268 e. The lowest BCUT2D eigenvalue weighted by atomic mass is 9.83. The van der Waals surface area contributed by atoms with Crippen molar-refractivity contribution in [2.45, 2.75) is 33.3 Å². The van der Waals surface area contributed by atoms with Gasteiger partial charge in [0.05, 0.1) is 33.6 Å². The average Bonchev–Trinajstić information content (AvgIpc) is 3.61. The van der Waals surface area contributed by atoms with Crippen LogP contribution in [0, 0.1) is 13.8 Å². The number of halogens is 2. The minimum Gasteiger partial charge on any atom is -0.490 e. The lowest BCUT2D eigenvalue weighted by Gasteiger charge is -2.21.